The van der Waals surface area contributed by atoms with E-state index in [0.29, 0.717) is 12.5 Å². The lowest BCUT2D eigenvalue weighted by atomic mass is 9.93. The van der Waals surface area contributed by atoms with Gasteiger partial charge in [0.15, 0.2) is 0 Å². The molecule has 0 aliphatic carbocycles. The van der Waals surface area contributed by atoms with E-state index in [4.69, 9.17) is 0 Å². The quantitative estimate of drug-likeness (QED) is 0.917. The van der Waals surface area contributed by atoms with Crippen LogP contribution in [0.15, 0.2) is 30.5 Å². The Morgan fingerprint density at radius 1 is 1.26 bits per heavy atom. The molecule has 0 spiro atoms. The van der Waals surface area contributed by atoms with E-state index >= 15 is 0 Å². The highest BCUT2D eigenvalue weighted by Gasteiger charge is 2.23. The van der Waals surface area contributed by atoms with Crippen LogP contribution in [-0.4, -0.2) is 33.5 Å². The third kappa shape index (κ3) is 4.91. The van der Waals surface area contributed by atoms with Crippen LogP contribution in [-0.2, 0) is 6.54 Å². The molecule has 0 atom stereocenters. The van der Waals surface area contributed by atoms with Crippen molar-refractivity contribution in [3.05, 3.63) is 36.2 Å². The maximum Gasteiger partial charge on any atom is 0.317 e. The molecule has 1 heterocycles. The van der Waals surface area contributed by atoms with E-state index in [0.717, 1.165) is 23.1 Å². The van der Waals surface area contributed by atoms with Gasteiger partial charge in [-0.3, -0.25) is 4.98 Å². The Labute approximate surface area is 138 Å². The fraction of sp³-hybridized carbons (Fsp3) is 0.500. The zero-order valence-corrected chi connectivity index (χ0v) is 14.6. The molecule has 2 rings (SSSR count). The van der Waals surface area contributed by atoms with Gasteiger partial charge in [0.1, 0.15) is 0 Å². The summed E-state index contributed by atoms with van der Waals surface area (Å²) >= 11 is 0. The van der Waals surface area contributed by atoms with Gasteiger partial charge in [-0.2, -0.15) is 0 Å². The molecule has 0 saturated heterocycles. The highest BCUT2D eigenvalue weighted by molar-refractivity contribution is 5.75. The molecule has 0 bridgehead atoms. The van der Waals surface area contributed by atoms with Crippen LogP contribution in [0.3, 0.4) is 0 Å². The standard InChI is InChI=1S/C18H26N4O/c1-13(2)10-18(3,4)21-17(23)22(5)12-14-11-19-15-8-6-7-9-16(15)20-14/h6-9,11,13H,10,12H2,1-5H3,(H,21,23). The van der Waals surface area contributed by atoms with E-state index < -0.39 is 0 Å². The summed E-state index contributed by atoms with van der Waals surface area (Å²) in [7, 11) is 1.78. The Morgan fingerprint density at radius 2 is 1.91 bits per heavy atom. The van der Waals surface area contributed by atoms with E-state index in [9.17, 15) is 4.79 Å². The molecule has 5 heteroatoms. The molecule has 0 radical (unpaired) electrons. The zero-order valence-electron chi connectivity index (χ0n) is 14.6. The molecule has 1 N–H and O–H groups in total. The summed E-state index contributed by atoms with van der Waals surface area (Å²) in [4.78, 5) is 23.0. The summed E-state index contributed by atoms with van der Waals surface area (Å²) in [5.74, 6) is 0.530. The van der Waals surface area contributed by atoms with Crippen LogP contribution in [0.25, 0.3) is 11.0 Å². The van der Waals surface area contributed by atoms with E-state index in [-0.39, 0.29) is 11.6 Å². The number of carbonyl (C=O) groups is 1. The topological polar surface area (TPSA) is 58.1 Å². The number of aromatic nitrogens is 2. The molecule has 5 nitrogen and oxygen atoms in total. The van der Waals surface area contributed by atoms with Gasteiger partial charge in [0.2, 0.25) is 0 Å². The second-order valence-corrected chi connectivity index (χ2v) is 7.12. The smallest absolute Gasteiger partial charge is 0.317 e. The van der Waals surface area contributed by atoms with Crippen molar-refractivity contribution in [3.63, 3.8) is 0 Å². The Kier molecular flexibility index (Phi) is 5.19. The SMILES string of the molecule is CC(C)CC(C)(C)NC(=O)N(C)Cc1cnc2ccccc2n1. The first-order chi connectivity index (χ1) is 10.8. The van der Waals surface area contributed by atoms with Gasteiger partial charge in [-0.15, -0.1) is 0 Å². The van der Waals surface area contributed by atoms with E-state index in [1.54, 1.807) is 18.1 Å². The number of fused-ring (bicyclic) bond motifs is 1. The van der Waals surface area contributed by atoms with Crippen LogP contribution in [0.5, 0.6) is 0 Å². The average molecular weight is 314 g/mol. The molecule has 1 aromatic heterocycles. The molecule has 2 aromatic rings. The van der Waals surface area contributed by atoms with Crippen molar-refractivity contribution in [1.29, 1.82) is 0 Å². The van der Waals surface area contributed by atoms with E-state index in [1.807, 2.05) is 24.3 Å². The van der Waals surface area contributed by atoms with Crippen LogP contribution in [0.1, 0.15) is 39.8 Å². The van der Waals surface area contributed by atoms with Crippen molar-refractivity contribution < 1.29 is 4.79 Å². The lowest BCUT2D eigenvalue weighted by molar-refractivity contribution is 0.190. The summed E-state index contributed by atoms with van der Waals surface area (Å²) in [5, 5.41) is 3.08. The second kappa shape index (κ2) is 6.94. The van der Waals surface area contributed by atoms with Crippen LogP contribution < -0.4 is 5.32 Å². The molecule has 0 saturated carbocycles. The Bertz CT molecular complexity index is 682. The fourth-order valence-corrected chi connectivity index (χ4v) is 2.84. The van der Waals surface area contributed by atoms with Crippen molar-refractivity contribution in [2.24, 2.45) is 5.92 Å². The van der Waals surface area contributed by atoms with Crippen molar-refractivity contribution in [2.45, 2.75) is 46.2 Å². The Balaban J connectivity index is 2.02. The minimum absolute atomic E-state index is 0.0920. The maximum absolute atomic E-state index is 12.4. The molecule has 1 aromatic carbocycles. The number of carbonyl (C=O) groups excluding carboxylic acids is 1. The fourth-order valence-electron chi connectivity index (χ4n) is 2.84. The lowest BCUT2D eigenvalue weighted by Gasteiger charge is -2.30. The van der Waals surface area contributed by atoms with Gasteiger partial charge in [-0.25, -0.2) is 9.78 Å². The number of urea groups is 1. The third-order valence-corrected chi connectivity index (χ3v) is 3.61. The maximum atomic E-state index is 12.4. The largest absolute Gasteiger partial charge is 0.333 e. The average Bonchev–Trinajstić information content (AvgIpc) is 2.45. The summed E-state index contributed by atoms with van der Waals surface area (Å²) in [6, 6.07) is 7.64. The van der Waals surface area contributed by atoms with Crippen LogP contribution in [0, 0.1) is 5.92 Å². The van der Waals surface area contributed by atoms with Crippen LogP contribution >= 0.6 is 0 Å². The summed E-state index contributed by atoms with van der Waals surface area (Å²) in [6.07, 6.45) is 2.66. The van der Waals surface area contributed by atoms with E-state index in [1.165, 1.54) is 0 Å². The predicted molar refractivity (Wildman–Crippen MR) is 93.1 cm³/mol. The van der Waals surface area contributed by atoms with Gasteiger partial charge in [0.25, 0.3) is 0 Å². The molecule has 0 aliphatic rings. The van der Waals surface area contributed by atoms with Crippen LogP contribution in [0.4, 0.5) is 4.79 Å². The summed E-state index contributed by atoms with van der Waals surface area (Å²) in [5.41, 5.74) is 2.26. The van der Waals surface area contributed by atoms with Gasteiger partial charge in [-0.05, 0) is 38.3 Å². The number of para-hydroxylation sites is 2. The first-order valence-electron chi connectivity index (χ1n) is 8.01. The molecular formula is C18H26N4O. The molecule has 0 fully saturated rings. The highest BCUT2D eigenvalue weighted by Crippen LogP contribution is 2.16. The number of amides is 2. The van der Waals surface area contributed by atoms with Gasteiger partial charge in [-0.1, -0.05) is 26.0 Å². The number of hydrogen-bond donors (Lipinski definition) is 1. The number of rotatable bonds is 5. The minimum Gasteiger partial charge on any atom is -0.333 e. The summed E-state index contributed by atoms with van der Waals surface area (Å²) < 4.78 is 0. The zero-order chi connectivity index (χ0) is 17.0. The molecule has 23 heavy (non-hydrogen) atoms. The Morgan fingerprint density at radius 3 is 2.57 bits per heavy atom. The monoisotopic (exact) mass is 314 g/mol. The first-order valence-corrected chi connectivity index (χ1v) is 8.01. The van der Waals surface area contributed by atoms with Gasteiger partial charge in [0, 0.05) is 12.6 Å². The van der Waals surface area contributed by atoms with Crippen molar-refractivity contribution >= 4 is 17.1 Å². The number of nitrogens with zero attached hydrogens (tertiary/aromatic N) is 3. The molecular weight excluding hydrogens is 288 g/mol. The third-order valence-electron chi connectivity index (χ3n) is 3.61. The second-order valence-electron chi connectivity index (χ2n) is 7.12. The summed E-state index contributed by atoms with van der Waals surface area (Å²) in [6.45, 7) is 8.84. The lowest BCUT2D eigenvalue weighted by Crippen LogP contribution is -2.49. The normalized spacial score (nSPS) is 11.7. The van der Waals surface area contributed by atoms with Gasteiger partial charge in [0.05, 0.1) is 29.5 Å². The van der Waals surface area contributed by atoms with Crippen LogP contribution in [0.2, 0.25) is 0 Å². The van der Waals surface area contributed by atoms with Crippen molar-refractivity contribution in [3.8, 4) is 0 Å². The molecule has 0 aliphatic heterocycles. The van der Waals surface area contributed by atoms with Crippen molar-refractivity contribution in [1.82, 2.24) is 20.2 Å². The molecule has 2 amide bonds. The van der Waals surface area contributed by atoms with Gasteiger partial charge < -0.3 is 10.2 Å². The molecule has 124 valence electrons. The van der Waals surface area contributed by atoms with E-state index in [2.05, 4.69) is 43.0 Å². The van der Waals surface area contributed by atoms with Gasteiger partial charge >= 0.3 is 6.03 Å². The first kappa shape index (κ1) is 17.2. The highest BCUT2D eigenvalue weighted by atomic mass is 16.2. The van der Waals surface area contributed by atoms with Crippen molar-refractivity contribution in [2.75, 3.05) is 7.05 Å². The molecule has 0 unspecified atom stereocenters. The predicted octanol–water partition coefficient (Wildman–Crippen LogP) is 3.60. The minimum atomic E-state index is -0.228. The number of hydrogen-bond acceptors (Lipinski definition) is 3. The number of benzene rings is 1. The Hall–Kier alpha value is -2.17. The number of nitrogens with one attached hydrogen (secondary N) is 1.